The number of hydrogen-bond acceptors (Lipinski definition) is 6. The average molecular weight is 414 g/mol. The van der Waals surface area contributed by atoms with Crippen molar-refractivity contribution in [3.8, 4) is 0 Å². The third-order valence-corrected chi connectivity index (χ3v) is 6.53. The molecule has 0 spiro atoms. The molecule has 2 saturated heterocycles. The van der Waals surface area contributed by atoms with Crippen LogP contribution in [0.3, 0.4) is 0 Å². The van der Waals surface area contributed by atoms with E-state index in [9.17, 15) is 14.4 Å². The third-order valence-electron chi connectivity index (χ3n) is 5.80. The van der Waals surface area contributed by atoms with Crippen molar-refractivity contribution in [3.63, 3.8) is 0 Å². The molecule has 0 saturated carbocycles. The lowest BCUT2D eigenvalue weighted by molar-refractivity contribution is -0.140. The summed E-state index contributed by atoms with van der Waals surface area (Å²) in [5.41, 5.74) is 0.487. The molecular formula is C20H23N5O3S. The molecule has 2 aromatic heterocycles. The van der Waals surface area contributed by atoms with Gasteiger partial charge in [-0.15, -0.1) is 0 Å². The summed E-state index contributed by atoms with van der Waals surface area (Å²) in [6.45, 7) is 1.53. The van der Waals surface area contributed by atoms with Gasteiger partial charge < -0.3 is 14.7 Å². The number of fused-ring (bicyclic) bond motifs is 1. The van der Waals surface area contributed by atoms with Crippen molar-refractivity contribution in [2.24, 2.45) is 11.3 Å². The Hall–Kier alpha value is -2.81. The van der Waals surface area contributed by atoms with Gasteiger partial charge in [0.1, 0.15) is 5.69 Å². The van der Waals surface area contributed by atoms with E-state index in [0.29, 0.717) is 26.1 Å². The second kappa shape index (κ2) is 7.55. The number of hydrogen-bond donors (Lipinski definition) is 0. The standard InChI is InChI=1S/C20H23N5O3S/c1-23(2)19(28)20-12-24(17(26)7-14-3-6-29-11-14)9-15(20)10-25(13-20)18(27)16-8-21-4-5-22-16/h3-6,8,11,15H,7,9-10,12-13H2,1-2H3/t15-,20-/m1/s1. The first-order valence-electron chi connectivity index (χ1n) is 9.46. The van der Waals surface area contributed by atoms with Crippen LogP contribution in [0.15, 0.2) is 35.4 Å². The summed E-state index contributed by atoms with van der Waals surface area (Å²) in [7, 11) is 3.44. The van der Waals surface area contributed by atoms with Crippen LogP contribution in [0.1, 0.15) is 16.1 Å². The Morgan fingerprint density at radius 3 is 2.62 bits per heavy atom. The molecular weight excluding hydrogens is 390 g/mol. The zero-order chi connectivity index (χ0) is 20.6. The Morgan fingerprint density at radius 2 is 1.97 bits per heavy atom. The van der Waals surface area contributed by atoms with Gasteiger partial charge in [0, 0.05) is 58.6 Å². The number of thiophene rings is 1. The topological polar surface area (TPSA) is 86.7 Å². The minimum absolute atomic E-state index is 0.0236. The number of carbonyl (C=O) groups excluding carboxylic acids is 3. The van der Waals surface area contributed by atoms with E-state index in [-0.39, 0.29) is 35.9 Å². The van der Waals surface area contributed by atoms with Gasteiger partial charge in [-0.05, 0) is 22.4 Å². The molecule has 2 aliphatic rings. The second-order valence-corrected chi connectivity index (χ2v) is 8.69. The number of aromatic nitrogens is 2. The minimum atomic E-state index is -0.772. The van der Waals surface area contributed by atoms with Gasteiger partial charge in [-0.1, -0.05) is 0 Å². The first kappa shape index (κ1) is 19.5. The van der Waals surface area contributed by atoms with Crippen LogP contribution in [0.4, 0.5) is 0 Å². The molecule has 2 aliphatic heterocycles. The van der Waals surface area contributed by atoms with Gasteiger partial charge in [0.2, 0.25) is 11.8 Å². The van der Waals surface area contributed by atoms with Crippen LogP contribution >= 0.6 is 11.3 Å². The zero-order valence-corrected chi connectivity index (χ0v) is 17.3. The average Bonchev–Trinajstić information content (AvgIpc) is 3.42. The van der Waals surface area contributed by atoms with Gasteiger partial charge >= 0.3 is 0 Å². The lowest BCUT2D eigenvalue weighted by Gasteiger charge is -2.30. The van der Waals surface area contributed by atoms with Gasteiger partial charge in [0.15, 0.2) is 0 Å². The lowest BCUT2D eigenvalue weighted by Crippen LogP contribution is -2.48. The van der Waals surface area contributed by atoms with Gasteiger partial charge in [-0.2, -0.15) is 11.3 Å². The molecule has 0 aromatic carbocycles. The van der Waals surface area contributed by atoms with Crippen molar-refractivity contribution < 1.29 is 14.4 Å². The highest BCUT2D eigenvalue weighted by Crippen LogP contribution is 2.44. The van der Waals surface area contributed by atoms with E-state index in [2.05, 4.69) is 9.97 Å². The number of rotatable bonds is 4. The fourth-order valence-corrected chi connectivity index (χ4v) is 5.08. The molecule has 0 aliphatic carbocycles. The highest BCUT2D eigenvalue weighted by molar-refractivity contribution is 7.08. The van der Waals surface area contributed by atoms with Crippen LogP contribution in [0.25, 0.3) is 0 Å². The van der Waals surface area contributed by atoms with Crippen LogP contribution in [0.2, 0.25) is 0 Å². The molecule has 4 heterocycles. The first-order chi connectivity index (χ1) is 13.9. The van der Waals surface area contributed by atoms with Crippen molar-refractivity contribution in [1.29, 1.82) is 0 Å². The molecule has 8 nitrogen and oxygen atoms in total. The van der Waals surface area contributed by atoms with Crippen LogP contribution in [0, 0.1) is 11.3 Å². The van der Waals surface area contributed by atoms with Crippen LogP contribution in [-0.2, 0) is 16.0 Å². The molecule has 2 atom stereocenters. The Kier molecular flexibility index (Phi) is 5.08. The zero-order valence-electron chi connectivity index (χ0n) is 16.4. The fourth-order valence-electron chi connectivity index (χ4n) is 4.41. The molecule has 0 N–H and O–H groups in total. The van der Waals surface area contributed by atoms with E-state index in [0.717, 1.165) is 5.56 Å². The summed E-state index contributed by atoms with van der Waals surface area (Å²) in [4.78, 5) is 51.9. The monoisotopic (exact) mass is 413 g/mol. The van der Waals surface area contributed by atoms with E-state index in [1.54, 1.807) is 40.1 Å². The van der Waals surface area contributed by atoms with Crippen molar-refractivity contribution >= 4 is 29.1 Å². The Balaban J connectivity index is 1.54. The minimum Gasteiger partial charge on any atom is -0.348 e. The Labute approximate surface area is 173 Å². The molecule has 0 unspecified atom stereocenters. The van der Waals surface area contributed by atoms with Crippen molar-refractivity contribution in [3.05, 3.63) is 46.7 Å². The van der Waals surface area contributed by atoms with E-state index < -0.39 is 5.41 Å². The van der Waals surface area contributed by atoms with Crippen molar-refractivity contribution in [1.82, 2.24) is 24.7 Å². The maximum absolute atomic E-state index is 13.2. The summed E-state index contributed by atoms with van der Waals surface area (Å²) in [6.07, 6.45) is 4.78. The Morgan fingerprint density at radius 1 is 1.21 bits per heavy atom. The fraction of sp³-hybridized carbons (Fsp3) is 0.450. The van der Waals surface area contributed by atoms with E-state index in [1.807, 2.05) is 16.8 Å². The third kappa shape index (κ3) is 3.50. The van der Waals surface area contributed by atoms with Gasteiger partial charge in [-0.25, -0.2) is 4.98 Å². The van der Waals surface area contributed by atoms with Crippen molar-refractivity contribution in [2.45, 2.75) is 6.42 Å². The maximum atomic E-state index is 13.2. The highest BCUT2D eigenvalue weighted by Gasteiger charge is 2.59. The number of carbonyl (C=O) groups is 3. The normalized spacial score (nSPS) is 23.2. The molecule has 9 heteroatoms. The summed E-state index contributed by atoms with van der Waals surface area (Å²) in [5, 5.41) is 3.92. The van der Waals surface area contributed by atoms with Crippen molar-refractivity contribution in [2.75, 3.05) is 40.3 Å². The molecule has 3 amide bonds. The molecule has 2 aromatic rings. The maximum Gasteiger partial charge on any atom is 0.274 e. The molecule has 4 rings (SSSR count). The Bertz CT molecular complexity index is 917. The van der Waals surface area contributed by atoms with Gasteiger partial charge in [0.05, 0.1) is 18.0 Å². The highest BCUT2D eigenvalue weighted by atomic mass is 32.1. The lowest BCUT2D eigenvalue weighted by atomic mass is 9.80. The smallest absolute Gasteiger partial charge is 0.274 e. The molecule has 2 fully saturated rings. The molecule has 0 radical (unpaired) electrons. The predicted octanol–water partition coefficient (Wildman–Crippen LogP) is 0.770. The molecule has 29 heavy (non-hydrogen) atoms. The predicted molar refractivity (Wildman–Crippen MR) is 107 cm³/mol. The quantitative estimate of drug-likeness (QED) is 0.739. The first-order valence-corrected chi connectivity index (χ1v) is 10.4. The summed E-state index contributed by atoms with van der Waals surface area (Å²) in [5.74, 6) is -0.336. The number of nitrogens with zero attached hydrogens (tertiary/aromatic N) is 5. The van der Waals surface area contributed by atoms with E-state index in [1.165, 1.54) is 18.6 Å². The van der Waals surface area contributed by atoms with Crippen LogP contribution < -0.4 is 0 Å². The summed E-state index contributed by atoms with van der Waals surface area (Å²) < 4.78 is 0. The summed E-state index contributed by atoms with van der Waals surface area (Å²) >= 11 is 1.56. The van der Waals surface area contributed by atoms with Gasteiger partial charge in [-0.3, -0.25) is 19.4 Å². The summed E-state index contributed by atoms with van der Waals surface area (Å²) in [6, 6.07) is 1.95. The molecule has 0 bridgehead atoms. The van der Waals surface area contributed by atoms with Gasteiger partial charge in [0.25, 0.3) is 5.91 Å². The largest absolute Gasteiger partial charge is 0.348 e. The number of amides is 3. The number of likely N-dealkylation sites (tertiary alicyclic amines) is 2. The van der Waals surface area contributed by atoms with E-state index >= 15 is 0 Å². The SMILES string of the molecule is CN(C)C(=O)[C@@]12CN(C(=O)Cc3ccsc3)C[C@@H]1CN(C(=O)c1cnccn1)C2. The van der Waals surface area contributed by atoms with E-state index in [4.69, 9.17) is 0 Å². The molecule has 152 valence electrons. The van der Waals surface area contributed by atoms with Crippen LogP contribution in [0.5, 0.6) is 0 Å². The second-order valence-electron chi connectivity index (χ2n) is 7.91. The van der Waals surface area contributed by atoms with Crippen LogP contribution in [-0.4, -0.2) is 82.7 Å².